The van der Waals surface area contributed by atoms with Gasteiger partial charge >= 0.3 is 0 Å². The second-order valence-corrected chi connectivity index (χ2v) is 6.30. The Kier molecular flexibility index (Phi) is 5.59. The largest absolute Gasteiger partial charge is 0.490 e. The molecule has 0 radical (unpaired) electrons. The topological polar surface area (TPSA) is 30.5 Å². The van der Waals surface area contributed by atoms with Gasteiger partial charge in [-0.1, -0.05) is 23.7 Å². The van der Waals surface area contributed by atoms with Crippen LogP contribution in [0.4, 0.5) is 4.39 Å². The van der Waals surface area contributed by atoms with Crippen LogP contribution < -0.4 is 14.8 Å². The highest BCUT2D eigenvalue weighted by Gasteiger charge is 2.20. The quantitative estimate of drug-likeness (QED) is 0.748. The number of ether oxygens (including phenoxy) is 2. The average molecular weight is 350 g/mol. The molecule has 0 aliphatic heterocycles. The van der Waals surface area contributed by atoms with Gasteiger partial charge in [-0.05, 0) is 49.6 Å². The first-order valence-electron chi connectivity index (χ1n) is 8.21. The first-order valence-corrected chi connectivity index (χ1v) is 8.59. The van der Waals surface area contributed by atoms with Gasteiger partial charge in [0.2, 0.25) is 0 Å². The summed E-state index contributed by atoms with van der Waals surface area (Å²) in [6.07, 6.45) is 2.52. The molecule has 0 spiro atoms. The monoisotopic (exact) mass is 349 g/mol. The van der Waals surface area contributed by atoms with E-state index in [2.05, 4.69) is 5.32 Å². The van der Waals surface area contributed by atoms with E-state index in [-0.39, 0.29) is 12.4 Å². The minimum atomic E-state index is -0.355. The fraction of sp³-hybridized carbons (Fsp3) is 0.368. The van der Waals surface area contributed by atoms with E-state index in [1.165, 1.54) is 25.0 Å². The molecule has 3 rings (SSSR count). The Morgan fingerprint density at radius 3 is 2.67 bits per heavy atom. The van der Waals surface area contributed by atoms with Crippen molar-refractivity contribution in [2.24, 2.45) is 0 Å². The normalized spacial score (nSPS) is 13.8. The third-order valence-electron chi connectivity index (χ3n) is 3.88. The summed E-state index contributed by atoms with van der Waals surface area (Å²) in [7, 11) is 0. The van der Waals surface area contributed by atoms with E-state index in [4.69, 9.17) is 21.1 Å². The van der Waals surface area contributed by atoms with Gasteiger partial charge in [0.05, 0.1) is 11.6 Å². The van der Waals surface area contributed by atoms with Crippen molar-refractivity contribution in [3.8, 4) is 11.5 Å². The molecule has 0 heterocycles. The Labute approximate surface area is 146 Å². The molecule has 128 valence electrons. The highest BCUT2D eigenvalue weighted by Crippen LogP contribution is 2.30. The van der Waals surface area contributed by atoms with Gasteiger partial charge < -0.3 is 14.8 Å². The highest BCUT2D eigenvalue weighted by atomic mass is 35.5. The van der Waals surface area contributed by atoms with E-state index < -0.39 is 0 Å². The minimum Gasteiger partial charge on any atom is -0.490 e. The molecule has 0 amide bonds. The number of hydrogen-bond donors (Lipinski definition) is 1. The summed E-state index contributed by atoms with van der Waals surface area (Å²) in [5, 5.41) is 3.84. The van der Waals surface area contributed by atoms with Crippen LogP contribution in [0, 0.1) is 5.82 Å². The lowest BCUT2D eigenvalue weighted by molar-refractivity contribution is 0.269. The Hall–Kier alpha value is -1.78. The zero-order valence-electron chi connectivity index (χ0n) is 13.6. The zero-order valence-corrected chi connectivity index (χ0v) is 14.4. The third-order valence-corrected chi connectivity index (χ3v) is 4.23. The molecule has 1 aliphatic carbocycles. The van der Waals surface area contributed by atoms with Crippen molar-refractivity contribution in [3.63, 3.8) is 0 Å². The molecule has 0 unspecified atom stereocenters. The number of rotatable bonds is 8. The van der Waals surface area contributed by atoms with Crippen LogP contribution in [-0.4, -0.2) is 12.6 Å². The zero-order chi connectivity index (χ0) is 16.9. The van der Waals surface area contributed by atoms with Crippen LogP contribution in [0.15, 0.2) is 36.4 Å². The molecule has 24 heavy (non-hydrogen) atoms. The standard InChI is InChI=1S/C19H21ClFNO2/c1-2-23-19-9-13(11-22-16-6-7-16)3-8-18(19)24-12-14-4-5-15(21)10-17(14)20/h3-5,8-10,16,22H,2,6-7,11-12H2,1H3. The fourth-order valence-electron chi connectivity index (χ4n) is 2.39. The van der Waals surface area contributed by atoms with Crippen LogP contribution in [0.2, 0.25) is 5.02 Å². The molecule has 0 atom stereocenters. The van der Waals surface area contributed by atoms with E-state index in [9.17, 15) is 4.39 Å². The van der Waals surface area contributed by atoms with Gasteiger partial charge in [-0.25, -0.2) is 4.39 Å². The van der Waals surface area contributed by atoms with Crippen molar-refractivity contribution < 1.29 is 13.9 Å². The summed E-state index contributed by atoms with van der Waals surface area (Å²) in [5.41, 5.74) is 1.90. The lowest BCUT2D eigenvalue weighted by atomic mass is 10.2. The number of halogens is 2. The summed E-state index contributed by atoms with van der Waals surface area (Å²) in [6.45, 7) is 3.59. The molecular formula is C19H21ClFNO2. The average Bonchev–Trinajstić information content (AvgIpc) is 3.38. The second kappa shape index (κ2) is 7.86. The van der Waals surface area contributed by atoms with E-state index in [1.54, 1.807) is 6.07 Å². The van der Waals surface area contributed by atoms with Gasteiger partial charge in [0.15, 0.2) is 11.5 Å². The predicted octanol–water partition coefficient (Wildman–Crippen LogP) is 4.71. The molecule has 1 fully saturated rings. The van der Waals surface area contributed by atoms with Crippen LogP contribution in [0.1, 0.15) is 30.9 Å². The summed E-state index contributed by atoms with van der Waals surface area (Å²) in [5.74, 6) is 1.02. The summed E-state index contributed by atoms with van der Waals surface area (Å²) in [6, 6.07) is 10.9. The first kappa shape index (κ1) is 17.1. The smallest absolute Gasteiger partial charge is 0.161 e. The van der Waals surface area contributed by atoms with Crippen molar-refractivity contribution in [1.29, 1.82) is 0 Å². The molecule has 0 bridgehead atoms. The molecule has 1 N–H and O–H groups in total. The molecule has 0 aromatic heterocycles. The fourth-order valence-corrected chi connectivity index (χ4v) is 2.62. The van der Waals surface area contributed by atoms with Crippen LogP contribution in [0.25, 0.3) is 0 Å². The van der Waals surface area contributed by atoms with Crippen LogP contribution in [0.5, 0.6) is 11.5 Å². The van der Waals surface area contributed by atoms with E-state index in [0.717, 1.165) is 17.7 Å². The predicted molar refractivity (Wildman–Crippen MR) is 93.2 cm³/mol. The van der Waals surface area contributed by atoms with Gasteiger partial charge in [0.25, 0.3) is 0 Å². The van der Waals surface area contributed by atoms with E-state index in [0.29, 0.717) is 29.2 Å². The lowest BCUT2D eigenvalue weighted by Crippen LogP contribution is -2.15. The molecule has 2 aromatic rings. The van der Waals surface area contributed by atoms with Crippen molar-refractivity contribution in [1.82, 2.24) is 5.32 Å². The second-order valence-electron chi connectivity index (χ2n) is 5.89. The van der Waals surface area contributed by atoms with Crippen molar-refractivity contribution >= 4 is 11.6 Å². The molecule has 3 nitrogen and oxygen atoms in total. The summed E-state index contributed by atoms with van der Waals surface area (Å²) < 4.78 is 24.6. The van der Waals surface area contributed by atoms with E-state index in [1.807, 2.05) is 25.1 Å². The molecular weight excluding hydrogens is 329 g/mol. The summed E-state index contributed by atoms with van der Waals surface area (Å²) >= 11 is 6.04. The molecule has 1 saturated carbocycles. The Morgan fingerprint density at radius 2 is 1.96 bits per heavy atom. The molecule has 5 heteroatoms. The maximum Gasteiger partial charge on any atom is 0.161 e. The van der Waals surface area contributed by atoms with Gasteiger partial charge in [0.1, 0.15) is 12.4 Å². The Morgan fingerprint density at radius 1 is 1.12 bits per heavy atom. The molecule has 1 aliphatic rings. The van der Waals surface area contributed by atoms with Crippen molar-refractivity contribution in [3.05, 3.63) is 58.4 Å². The van der Waals surface area contributed by atoms with Crippen molar-refractivity contribution in [2.45, 2.75) is 39.0 Å². The number of nitrogens with one attached hydrogen (secondary N) is 1. The number of hydrogen-bond acceptors (Lipinski definition) is 3. The molecule has 2 aromatic carbocycles. The minimum absolute atomic E-state index is 0.263. The Bertz CT molecular complexity index is 704. The maximum atomic E-state index is 13.1. The lowest BCUT2D eigenvalue weighted by Gasteiger charge is -2.14. The van der Waals surface area contributed by atoms with Gasteiger partial charge in [-0.3, -0.25) is 0 Å². The van der Waals surface area contributed by atoms with Gasteiger partial charge in [-0.15, -0.1) is 0 Å². The van der Waals surface area contributed by atoms with Crippen LogP contribution >= 0.6 is 11.6 Å². The number of benzene rings is 2. The third kappa shape index (κ3) is 4.62. The summed E-state index contributed by atoms with van der Waals surface area (Å²) in [4.78, 5) is 0. The van der Waals surface area contributed by atoms with Crippen molar-refractivity contribution in [2.75, 3.05) is 6.61 Å². The Balaban J connectivity index is 1.68. The maximum absolute atomic E-state index is 13.1. The molecule has 0 saturated heterocycles. The SMILES string of the molecule is CCOc1cc(CNC2CC2)ccc1OCc1ccc(F)cc1Cl. The van der Waals surface area contributed by atoms with Gasteiger partial charge in [0, 0.05) is 18.2 Å². The first-order chi connectivity index (χ1) is 11.7. The van der Waals surface area contributed by atoms with Crippen LogP contribution in [0.3, 0.4) is 0 Å². The van der Waals surface area contributed by atoms with E-state index >= 15 is 0 Å². The highest BCUT2D eigenvalue weighted by molar-refractivity contribution is 6.31. The van der Waals surface area contributed by atoms with Gasteiger partial charge in [-0.2, -0.15) is 0 Å². The van der Waals surface area contributed by atoms with Crippen LogP contribution in [-0.2, 0) is 13.2 Å².